The lowest BCUT2D eigenvalue weighted by Gasteiger charge is -2.43. The van der Waals surface area contributed by atoms with Crippen molar-refractivity contribution in [3.8, 4) is 23.0 Å². The van der Waals surface area contributed by atoms with E-state index in [-0.39, 0.29) is 35.0 Å². The van der Waals surface area contributed by atoms with Gasteiger partial charge < -0.3 is 35.4 Å². The van der Waals surface area contributed by atoms with Crippen LogP contribution < -0.4 is 4.74 Å². The molecular formula is C16H16O7. The number of hydrogen-bond acceptors (Lipinski definition) is 7. The molecule has 0 amide bonds. The summed E-state index contributed by atoms with van der Waals surface area (Å²) >= 11 is 0. The summed E-state index contributed by atoms with van der Waals surface area (Å²) in [4.78, 5) is 0. The molecule has 1 aliphatic rings. The summed E-state index contributed by atoms with van der Waals surface area (Å²) in [6, 6.07) is 7.62. The second-order valence-corrected chi connectivity index (χ2v) is 5.67. The number of benzene rings is 2. The maximum atomic E-state index is 10.7. The zero-order valence-corrected chi connectivity index (χ0v) is 12.0. The average Bonchev–Trinajstić information content (AvgIpc) is 2.47. The monoisotopic (exact) mass is 320 g/mol. The largest absolute Gasteiger partial charge is 0.508 e. The number of ether oxygens (including phenoxy) is 1. The number of aromatic hydroxyl groups is 3. The van der Waals surface area contributed by atoms with E-state index >= 15 is 0 Å². The van der Waals surface area contributed by atoms with Gasteiger partial charge in [-0.2, -0.15) is 0 Å². The van der Waals surface area contributed by atoms with E-state index in [0.29, 0.717) is 5.56 Å². The quantitative estimate of drug-likeness (QED) is 0.347. The lowest BCUT2D eigenvalue weighted by Crippen LogP contribution is -2.59. The molecule has 0 bridgehead atoms. The third-order valence-corrected chi connectivity index (χ3v) is 3.99. The van der Waals surface area contributed by atoms with Gasteiger partial charge in [0, 0.05) is 12.5 Å². The minimum atomic E-state index is -2.62. The van der Waals surface area contributed by atoms with Gasteiger partial charge in [-0.25, -0.2) is 0 Å². The summed E-state index contributed by atoms with van der Waals surface area (Å²) in [5, 5.41) is 59.9. The van der Waals surface area contributed by atoms with Gasteiger partial charge in [0.05, 0.1) is 5.56 Å². The lowest BCUT2D eigenvalue weighted by atomic mass is 9.80. The zero-order valence-electron chi connectivity index (χ0n) is 12.0. The van der Waals surface area contributed by atoms with Crippen LogP contribution in [0.15, 0.2) is 36.4 Å². The lowest BCUT2D eigenvalue weighted by molar-refractivity contribution is -0.300. The molecule has 1 heterocycles. The third-order valence-electron chi connectivity index (χ3n) is 3.99. The molecule has 0 spiro atoms. The van der Waals surface area contributed by atoms with Crippen molar-refractivity contribution in [3.63, 3.8) is 0 Å². The molecule has 7 nitrogen and oxygen atoms in total. The van der Waals surface area contributed by atoms with Crippen LogP contribution in [-0.4, -0.2) is 42.8 Å². The van der Waals surface area contributed by atoms with Crippen LogP contribution in [0.4, 0.5) is 0 Å². The van der Waals surface area contributed by atoms with Crippen molar-refractivity contribution in [2.75, 3.05) is 6.61 Å². The second kappa shape index (κ2) is 5.02. The smallest absolute Gasteiger partial charge is 0.227 e. The van der Waals surface area contributed by atoms with Gasteiger partial charge in [-0.05, 0) is 29.8 Å². The van der Waals surface area contributed by atoms with Crippen LogP contribution >= 0.6 is 0 Å². The van der Waals surface area contributed by atoms with Gasteiger partial charge in [0.2, 0.25) is 5.79 Å². The maximum absolute atomic E-state index is 10.7. The van der Waals surface area contributed by atoms with Crippen LogP contribution in [0.1, 0.15) is 11.1 Å². The Bertz CT molecular complexity index is 756. The molecular weight excluding hydrogens is 304 g/mol. The normalized spacial score (nSPS) is 22.2. The Morgan fingerprint density at radius 1 is 0.913 bits per heavy atom. The molecule has 1 aliphatic heterocycles. The number of fused-ring (bicyclic) bond motifs is 1. The molecule has 0 fully saturated rings. The summed E-state index contributed by atoms with van der Waals surface area (Å²) in [5.41, 5.74) is -1.78. The van der Waals surface area contributed by atoms with Crippen molar-refractivity contribution in [3.05, 3.63) is 47.5 Å². The number of rotatable bonds is 2. The van der Waals surface area contributed by atoms with Crippen LogP contribution in [0.25, 0.3) is 0 Å². The van der Waals surface area contributed by atoms with Crippen LogP contribution in [0.5, 0.6) is 23.0 Å². The van der Waals surface area contributed by atoms with E-state index < -0.39 is 18.0 Å². The molecule has 6 N–H and O–H groups in total. The molecule has 0 saturated heterocycles. The highest BCUT2D eigenvalue weighted by Crippen LogP contribution is 2.44. The van der Waals surface area contributed by atoms with E-state index in [4.69, 9.17) is 4.74 Å². The van der Waals surface area contributed by atoms with E-state index in [2.05, 4.69) is 0 Å². The molecule has 0 unspecified atom stereocenters. The molecule has 0 aliphatic carbocycles. The third kappa shape index (κ3) is 2.44. The maximum Gasteiger partial charge on any atom is 0.227 e. The molecule has 7 heteroatoms. The molecule has 2 aromatic rings. The summed E-state index contributed by atoms with van der Waals surface area (Å²) < 4.78 is 5.34. The number of hydrogen-bond donors (Lipinski definition) is 6. The number of phenolic OH excluding ortho intramolecular Hbond substituents is 3. The van der Waals surface area contributed by atoms with Crippen molar-refractivity contribution in [2.24, 2.45) is 0 Å². The highest BCUT2D eigenvalue weighted by Gasteiger charge is 2.54. The molecule has 0 aromatic heterocycles. The number of phenols is 3. The molecule has 23 heavy (non-hydrogen) atoms. The Morgan fingerprint density at radius 3 is 2.35 bits per heavy atom. The molecule has 3 rings (SSSR count). The van der Waals surface area contributed by atoms with Gasteiger partial charge in [-0.1, -0.05) is 6.07 Å². The van der Waals surface area contributed by atoms with Gasteiger partial charge >= 0.3 is 0 Å². The fourth-order valence-corrected chi connectivity index (χ4v) is 2.66. The van der Waals surface area contributed by atoms with Gasteiger partial charge in [0.1, 0.15) is 18.1 Å². The average molecular weight is 320 g/mol. The topological polar surface area (TPSA) is 131 Å². The Kier molecular flexibility index (Phi) is 3.36. The molecule has 0 radical (unpaired) electrons. The van der Waals surface area contributed by atoms with Crippen molar-refractivity contribution >= 4 is 0 Å². The van der Waals surface area contributed by atoms with Crippen molar-refractivity contribution in [1.82, 2.24) is 0 Å². The first-order chi connectivity index (χ1) is 10.7. The first kappa shape index (κ1) is 15.4. The summed E-state index contributed by atoms with van der Waals surface area (Å²) in [6.07, 6.45) is -0.242. The molecule has 1 atom stereocenters. The Balaban J connectivity index is 1.98. The highest BCUT2D eigenvalue weighted by molar-refractivity contribution is 5.46. The van der Waals surface area contributed by atoms with E-state index in [0.717, 1.165) is 0 Å². The van der Waals surface area contributed by atoms with E-state index in [1.807, 2.05) is 0 Å². The Labute approximate surface area is 131 Å². The van der Waals surface area contributed by atoms with Crippen molar-refractivity contribution < 1.29 is 35.4 Å². The Hall–Kier alpha value is -2.48. The predicted molar refractivity (Wildman–Crippen MR) is 78.1 cm³/mol. The van der Waals surface area contributed by atoms with Crippen LogP contribution in [0, 0.1) is 0 Å². The van der Waals surface area contributed by atoms with E-state index in [9.17, 15) is 30.6 Å². The summed E-state index contributed by atoms with van der Waals surface area (Å²) in [7, 11) is 0. The minimum absolute atomic E-state index is 0.0632. The highest BCUT2D eigenvalue weighted by atomic mass is 16.6. The van der Waals surface area contributed by atoms with Crippen molar-refractivity contribution in [1.29, 1.82) is 0 Å². The fraction of sp³-hybridized carbons (Fsp3) is 0.250. The van der Waals surface area contributed by atoms with Gasteiger partial charge in [0.15, 0.2) is 17.1 Å². The van der Waals surface area contributed by atoms with E-state index in [1.165, 1.54) is 36.4 Å². The van der Waals surface area contributed by atoms with E-state index in [1.54, 1.807) is 0 Å². The van der Waals surface area contributed by atoms with Crippen LogP contribution in [0.2, 0.25) is 0 Å². The van der Waals surface area contributed by atoms with Crippen LogP contribution in [-0.2, 0) is 12.2 Å². The minimum Gasteiger partial charge on any atom is -0.508 e. The second-order valence-electron chi connectivity index (χ2n) is 5.67. The zero-order chi connectivity index (χ0) is 16.8. The molecule has 0 saturated carbocycles. The fourth-order valence-electron chi connectivity index (χ4n) is 2.66. The van der Waals surface area contributed by atoms with Gasteiger partial charge in [-0.3, -0.25) is 0 Å². The standard InChI is InChI=1S/C16H16O7/c17-10-2-3-11-14(6-10)23-8-15(20,16(11,21)22)7-9-1-4-12(18)13(19)5-9/h1-6,17-22H,7-8H2/t15-/m1/s1. The number of aliphatic hydroxyl groups is 3. The Morgan fingerprint density at radius 2 is 1.65 bits per heavy atom. The summed E-state index contributed by atoms with van der Waals surface area (Å²) in [6.45, 7) is -0.432. The SMILES string of the molecule is Oc1ccc2c(c1)OC[C@](O)(Cc1ccc(O)c(O)c1)C2(O)O. The predicted octanol–water partition coefficient (Wildman–Crippen LogP) is 0.307. The molecule has 2 aromatic carbocycles. The first-order valence-electron chi connectivity index (χ1n) is 6.87. The van der Waals surface area contributed by atoms with Crippen molar-refractivity contribution in [2.45, 2.75) is 17.8 Å². The molecule has 122 valence electrons. The first-order valence-corrected chi connectivity index (χ1v) is 6.87. The van der Waals surface area contributed by atoms with Crippen LogP contribution in [0.3, 0.4) is 0 Å². The summed E-state index contributed by atoms with van der Waals surface area (Å²) in [5.74, 6) is -3.36. The van der Waals surface area contributed by atoms with Gasteiger partial charge in [0.25, 0.3) is 0 Å². The van der Waals surface area contributed by atoms with Gasteiger partial charge in [-0.15, -0.1) is 0 Å².